The molecule has 0 radical (unpaired) electrons. The molecule has 0 amide bonds. The van der Waals surface area contributed by atoms with Gasteiger partial charge in [0.2, 0.25) is 0 Å². The van der Waals surface area contributed by atoms with Gasteiger partial charge >= 0.3 is 287 Å². The Morgan fingerprint density at radius 2 is 1.71 bits per heavy atom. The summed E-state index contributed by atoms with van der Waals surface area (Å²) in [7, 11) is 0.251. The zero-order valence-electron chi connectivity index (χ0n) is 28.3. The van der Waals surface area contributed by atoms with Gasteiger partial charge in [0.15, 0.2) is 0 Å². The van der Waals surface area contributed by atoms with E-state index in [1.165, 1.54) is 15.4 Å². The van der Waals surface area contributed by atoms with E-state index in [1.54, 1.807) is 28.1 Å². The van der Waals surface area contributed by atoms with Crippen molar-refractivity contribution in [1.29, 1.82) is 5.26 Å². The van der Waals surface area contributed by atoms with E-state index in [4.69, 9.17) is 19.5 Å². The van der Waals surface area contributed by atoms with Crippen LogP contribution in [0, 0.1) is 18.3 Å². The summed E-state index contributed by atoms with van der Waals surface area (Å²) in [5, 5.41) is 12.9. The van der Waals surface area contributed by atoms with Crippen LogP contribution in [0.5, 0.6) is 5.75 Å². The maximum absolute atomic E-state index is 13.9. The maximum atomic E-state index is 13.9. The molecule has 4 aromatic rings. The third-order valence-electron chi connectivity index (χ3n) is 9.21. The molecular formula is C36H45N6O6P. The Balaban J connectivity index is 1.67. The molecule has 1 aliphatic heterocycles. The normalized spacial score (nSPS) is 20.2. The predicted octanol–water partition coefficient (Wildman–Crippen LogP) is 3.94. The minimum atomic E-state index is -4.62. The number of H-pyrrole nitrogens is 1. The van der Waals surface area contributed by atoms with Crippen LogP contribution >= 0.6 is 7.36 Å². The Bertz CT molecular complexity index is 1840. The predicted molar refractivity (Wildman–Crippen MR) is 190 cm³/mol. The van der Waals surface area contributed by atoms with Crippen molar-refractivity contribution in [1.82, 2.24) is 19.5 Å². The molecule has 1 aromatic heterocycles. The van der Waals surface area contributed by atoms with Gasteiger partial charge in [-0.05, 0) is 0 Å². The molecule has 1 saturated heterocycles. The van der Waals surface area contributed by atoms with E-state index in [-0.39, 0.29) is 25.5 Å². The fourth-order valence-corrected chi connectivity index (χ4v) is 8.44. The van der Waals surface area contributed by atoms with Gasteiger partial charge in [0.05, 0.1) is 0 Å². The first-order valence-electron chi connectivity index (χ1n) is 16.1. The Morgan fingerprint density at radius 1 is 1.10 bits per heavy atom. The molecule has 0 spiro atoms. The number of hydrogen-bond acceptors (Lipinski definition) is 10. The van der Waals surface area contributed by atoms with Gasteiger partial charge in [0.25, 0.3) is 0 Å². The second-order valence-corrected chi connectivity index (χ2v) is 16.5. The molecule has 0 aliphatic carbocycles. The van der Waals surface area contributed by atoms with Crippen LogP contribution in [0.1, 0.15) is 41.0 Å². The van der Waals surface area contributed by atoms with Crippen molar-refractivity contribution in [3.8, 4) is 11.8 Å². The molecule has 1 fully saturated rings. The molecule has 260 valence electrons. The molecule has 12 nitrogen and oxygen atoms in total. The van der Waals surface area contributed by atoms with Crippen LogP contribution in [0.4, 0.5) is 0 Å². The number of ether oxygens (including phenoxy) is 2. The summed E-state index contributed by atoms with van der Waals surface area (Å²) in [5.41, 5.74) is 7.24. The van der Waals surface area contributed by atoms with Crippen LogP contribution in [0.2, 0.25) is 0 Å². The summed E-state index contributed by atoms with van der Waals surface area (Å²) in [6.45, 7) is 2.37. The Hall–Kier alpha value is -4.18. The second-order valence-electron chi connectivity index (χ2n) is 12.7. The second kappa shape index (κ2) is 14.7. The summed E-state index contributed by atoms with van der Waals surface area (Å²) in [6, 6.07) is 29.1. The van der Waals surface area contributed by atoms with Gasteiger partial charge in [-0.25, -0.2) is 0 Å². The molecule has 2 heterocycles. The van der Waals surface area contributed by atoms with E-state index in [1.807, 2.05) is 84.9 Å². The zero-order chi connectivity index (χ0) is 35.3. The topological polar surface area (TPSA) is 168 Å². The molecule has 13 heteroatoms. The van der Waals surface area contributed by atoms with Crippen molar-refractivity contribution >= 4 is 7.36 Å². The number of methoxy groups -OCH3 is 1. The van der Waals surface area contributed by atoms with Crippen LogP contribution in [0.25, 0.3) is 0 Å². The summed E-state index contributed by atoms with van der Waals surface area (Å²) >= 11 is 0. The minimum absolute atomic E-state index is 0.0304. The number of aryl methyl sites for hydroxylation is 1. The third-order valence-corrected chi connectivity index (χ3v) is 12.7. The van der Waals surface area contributed by atoms with E-state index in [9.17, 15) is 19.7 Å². The van der Waals surface area contributed by atoms with Crippen LogP contribution in [-0.2, 0) is 21.5 Å². The van der Waals surface area contributed by atoms with Gasteiger partial charge in [-0.1, -0.05) is 0 Å². The summed E-state index contributed by atoms with van der Waals surface area (Å²) in [6.07, 6.45) is -0.136. The average Bonchev–Trinajstić information content (AvgIpc) is 3.43. The van der Waals surface area contributed by atoms with Crippen LogP contribution in [-0.4, -0.2) is 65.2 Å². The van der Waals surface area contributed by atoms with Crippen molar-refractivity contribution in [3.05, 3.63) is 134 Å². The molecule has 0 unspecified atom stereocenters. The van der Waals surface area contributed by atoms with Crippen LogP contribution in [0.3, 0.4) is 0 Å². The summed E-state index contributed by atoms with van der Waals surface area (Å²) < 4.78 is 22.0. The van der Waals surface area contributed by atoms with Crippen molar-refractivity contribution in [2.75, 3.05) is 33.9 Å². The van der Waals surface area contributed by atoms with Crippen LogP contribution in [0.15, 0.2) is 101 Å². The van der Waals surface area contributed by atoms with E-state index < -0.39 is 42.5 Å². The quantitative estimate of drug-likeness (QED) is 0.143. The van der Waals surface area contributed by atoms with Gasteiger partial charge in [0.1, 0.15) is 0 Å². The first kappa shape index (κ1) is 36.1. The molecule has 0 bridgehead atoms. The zero-order valence-corrected chi connectivity index (χ0v) is 29.2. The van der Waals surface area contributed by atoms with Gasteiger partial charge in [-0.15, -0.1) is 0 Å². The summed E-state index contributed by atoms with van der Waals surface area (Å²) in [5.74, 6) is 0.172. The van der Waals surface area contributed by atoms with E-state index in [0.29, 0.717) is 12.1 Å². The number of aromatic nitrogens is 2. The molecule has 49 heavy (non-hydrogen) atoms. The van der Waals surface area contributed by atoms with E-state index >= 15 is 0 Å². The van der Waals surface area contributed by atoms with Crippen molar-refractivity contribution in [2.24, 2.45) is 5.50 Å². The molecule has 0 saturated carbocycles. The Morgan fingerprint density at radius 3 is 2.27 bits per heavy atom. The number of aromatic amines is 1. The van der Waals surface area contributed by atoms with Gasteiger partial charge in [-0.3, -0.25) is 0 Å². The Kier molecular flexibility index (Phi) is 10.9. The van der Waals surface area contributed by atoms with Crippen LogP contribution < -0.4 is 26.8 Å². The van der Waals surface area contributed by atoms with Gasteiger partial charge in [-0.2, -0.15) is 0 Å². The third kappa shape index (κ3) is 7.69. The number of rotatable bonds is 14. The number of benzene rings is 3. The van der Waals surface area contributed by atoms with Crippen molar-refractivity contribution in [2.45, 2.75) is 50.2 Å². The molecule has 3 atom stereocenters. The summed E-state index contributed by atoms with van der Waals surface area (Å²) in [4.78, 5) is 41.1. The van der Waals surface area contributed by atoms with E-state index in [2.05, 4.69) is 16.4 Å². The SMILES string of the molecule is COc1ccc(CNC[C@H]2O[C@@](C(c3ccccc3)c3ccccc3)(n3cc(C)c(=O)[nH]c3=O)C[C@@H]2OP(N)(O)(CCC#N)N(C)C)cc1. The first-order valence-corrected chi connectivity index (χ1v) is 18.5. The van der Waals surface area contributed by atoms with Gasteiger partial charge in [0, 0.05) is 0 Å². The number of nitriles is 1. The molecule has 5 N–H and O–H groups in total. The number of nitrogens with zero attached hydrogens (tertiary/aromatic N) is 3. The van der Waals surface area contributed by atoms with Crippen molar-refractivity contribution < 1.29 is 18.9 Å². The standard InChI is InChI=1S/C36H45N6O6P/c1-26-25-42(35(44)40-34(26)43)36(33(28-12-7-5-8-13-28)29-14-9-6-10-15-29)22-31(48-49(38,45,41(2)3)21-11-20-37)32(47-36)24-39-23-27-16-18-30(46-4)19-17-27/h5-10,12-19,25,31-33,39,45H,11,21-24,38H2,1-4H3,(H,40,43,44)/t31-,32+,36-/m0/s1. The molecule has 5 rings (SSSR count). The average molecular weight is 689 g/mol. The van der Waals surface area contributed by atoms with E-state index in [0.717, 1.165) is 22.4 Å². The fraction of sp³-hybridized carbons (Fsp3) is 0.361. The number of nitrogens with two attached hydrogens (primary N) is 1. The Labute approximate surface area is 286 Å². The first-order chi connectivity index (χ1) is 23.4. The fourth-order valence-electron chi connectivity index (χ4n) is 6.42. The molecule has 1 aliphatic rings. The number of hydrogen-bond donors (Lipinski definition) is 4. The van der Waals surface area contributed by atoms with Gasteiger partial charge < -0.3 is 0 Å². The molecular weight excluding hydrogens is 643 g/mol. The number of nitrogens with one attached hydrogen (secondary N) is 2. The van der Waals surface area contributed by atoms with Crippen molar-refractivity contribution in [3.63, 3.8) is 0 Å². The monoisotopic (exact) mass is 688 g/mol. The molecule has 3 aromatic carbocycles.